The van der Waals surface area contributed by atoms with Crippen LogP contribution in [0.4, 0.5) is 9.18 Å². The minimum Gasteiger partial charge on any atom is -0.467 e. The Balaban J connectivity index is 1.58. The number of aliphatic hydroxyl groups is 1. The summed E-state index contributed by atoms with van der Waals surface area (Å²) in [5.74, 6) is 0.128. The first-order valence-electron chi connectivity index (χ1n) is 8.21. The summed E-state index contributed by atoms with van der Waals surface area (Å²) in [5, 5.41) is 13.0. The second-order valence-corrected chi connectivity index (χ2v) is 5.98. The summed E-state index contributed by atoms with van der Waals surface area (Å²) < 4.78 is 23.9. The van der Waals surface area contributed by atoms with Crippen molar-refractivity contribution in [1.29, 1.82) is 0 Å². The predicted octanol–water partition coefficient (Wildman–Crippen LogP) is 2.45. The maximum atomic E-state index is 13.2. The van der Waals surface area contributed by atoms with Crippen LogP contribution < -0.4 is 5.32 Å². The molecular weight excluding hydrogens is 327 g/mol. The molecule has 2 amide bonds. The Morgan fingerprint density at radius 1 is 1.40 bits per heavy atom. The van der Waals surface area contributed by atoms with Crippen LogP contribution in [0.2, 0.25) is 0 Å². The zero-order valence-corrected chi connectivity index (χ0v) is 13.7. The number of hydrogen-bond acceptors (Lipinski definition) is 4. The van der Waals surface area contributed by atoms with E-state index in [2.05, 4.69) is 5.32 Å². The molecule has 3 rings (SSSR count). The van der Waals surface area contributed by atoms with Crippen LogP contribution in [-0.4, -0.2) is 41.8 Å². The highest BCUT2D eigenvalue weighted by molar-refractivity contribution is 5.74. The fourth-order valence-corrected chi connectivity index (χ4v) is 2.90. The molecule has 134 valence electrons. The van der Waals surface area contributed by atoms with Crippen LogP contribution in [0.25, 0.3) is 0 Å². The molecule has 2 heterocycles. The number of aliphatic hydroxyl groups excluding tert-OH is 1. The molecule has 1 aromatic heterocycles. The number of morpholine rings is 1. The van der Waals surface area contributed by atoms with Crippen molar-refractivity contribution in [1.82, 2.24) is 10.2 Å². The zero-order chi connectivity index (χ0) is 17.6. The molecule has 2 atom stereocenters. The maximum Gasteiger partial charge on any atom is 0.318 e. The van der Waals surface area contributed by atoms with E-state index in [9.17, 15) is 14.3 Å². The highest BCUT2D eigenvalue weighted by atomic mass is 19.1. The van der Waals surface area contributed by atoms with Gasteiger partial charge in [-0.3, -0.25) is 0 Å². The van der Waals surface area contributed by atoms with Gasteiger partial charge >= 0.3 is 6.03 Å². The first-order chi connectivity index (χ1) is 12.1. The van der Waals surface area contributed by atoms with Gasteiger partial charge in [-0.05, 0) is 29.8 Å². The summed E-state index contributed by atoms with van der Waals surface area (Å²) in [6, 6.07) is 8.99. The summed E-state index contributed by atoms with van der Waals surface area (Å²) in [5.41, 5.74) is 0.689. The summed E-state index contributed by atoms with van der Waals surface area (Å²) in [6.45, 7) is 1.47. The standard InChI is InChI=1S/C18H21FN2O4/c19-14-4-1-3-13(9-14)11-20-18(23)21-6-8-24-12-15(21)10-16(22)17-5-2-7-25-17/h1-5,7,9,15-16,22H,6,8,10-12H2,(H,20,23). The Hall–Kier alpha value is -2.38. The normalized spacial score (nSPS) is 18.8. The Bertz CT molecular complexity index is 692. The van der Waals surface area contributed by atoms with E-state index < -0.39 is 6.10 Å². The molecule has 1 saturated heterocycles. The molecule has 1 aromatic carbocycles. The fraction of sp³-hybridized carbons (Fsp3) is 0.389. The number of furan rings is 1. The highest BCUT2D eigenvalue weighted by Gasteiger charge is 2.30. The maximum absolute atomic E-state index is 13.2. The fourth-order valence-electron chi connectivity index (χ4n) is 2.90. The lowest BCUT2D eigenvalue weighted by molar-refractivity contribution is -0.00974. The van der Waals surface area contributed by atoms with Gasteiger partial charge in [0.05, 0.1) is 25.5 Å². The topological polar surface area (TPSA) is 74.9 Å². The summed E-state index contributed by atoms with van der Waals surface area (Å²) in [4.78, 5) is 14.1. The van der Waals surface area contributed by atoms with Gasteiger partial charge in [-0.2, -0.15) is 0 Å². The van der Waals surface area contributed by atoms with Crippen LogP contribution in [0, 0.1) is 5.82 Å². The number of rotatable bonds is 5. The van der Waals surface area contributed by atoms with E-state index in [4.69, 9.17) is 9.15 Å². The van der Waals surface area contributed by atoms with Crippen LogP contribution >= 0.6 is 0 Å². The van der Waals surface area contributed by atoms with Gasteiger partial charge in [-0.15, -0.1) is 0 Å². The first-order valence-corrected chi connectivity index (χ1v) is 8.21. The molecule has 0 aliphatic carbocycles. The van der Waals surface area contributed by atoms with Gasteiger partial charge in [0.1, 0.15) is 17.7 Å². The quantitative estimate of drug-likeness (QED) is 0.870. The molecule has 0 spiro atoms. The van der Waals surface area contributed by atoms with Gasteiger partial charge in [0.15, 0.2) is 0 Å². The molecule has 1 fully saturated rings. The van der Waals surface area contributed by atoms with Gasteiger partial charge in [0.2, 0.25) is 0 Å². The lowest BCUT2D eigenvalue weighted by Gasteiger charge is -2.36. The van der Waals surface area contributed by atoms with E-state index in [0.717, 1.165) is 0 Å². The van der Waals surface area contributed by atoms with Crippen LogP contribution in [0.3, 0.4) is 0 Å². The number of ether oxygens (including phenoxy) is 1. The summed E-state index contributed by atoms with van der Waals surface area (Å²) in [7, 11) is 0. The Kier molecular flexibility index (Phi) is 5.67. The van der Waals surface area contributed by atoms with Gasteiger partial charge in [0.25, 0.3) is 0 Å². The van der Waals surface area contributed by atoms with Gasteiger partial charge in [-0.1, -0.05) is 12.1 Å². The largest absolute Gasteiger partial charge is 0.467 e. The lowest BCUT2D eigenvalue weighted by Crippen LogP contribution is -2.52. The van der Waals surface area contributed by atoms with Crippen molar-refractivity contribution in [2.75, 3.05) is 19.8 Å². The van der Waals surface area contributed by atoms with Crippen molar-refractivity contribution in [2.45, 2.75) is 25.1 Å². The van der Waals surface area contributed by atoms with Gasteiger partial charge in [-0.25, -0.2) is 9.18 Å². The molecule has 0 radical (unpaired) electrons. The van der Waals surface area contributed by atoms with Crippen molar-refractivity contribution < 1.29 is 23.4 Å². The van der Waals surface area contributed by atoms with E-state index in [1.165, 1.54) is 18.4 Å². The number of amides is 2. The molecule has 7 heteroatoms. The third-order valence-corrected chi connectivity index (χ3v) is 4.19. The Labute approximate surface area is 145 Å². The molecule has 6 nitrogen and oxygen atoms in total. The van der Waals surface area contributed by atoms with Crippen molar-refractivity contribution in [3.05, 3.63) is 59.8 Å². The molecule has 0 bridgehead atoms. The zero-order valence-electron chi connectivity index (χ0n) is 13.7. The van der Waals surface area contributed by atoms with Crippen LogP contribution in [0.1, 0.15) is 23.8 Å². The number of benzene rings is 1. The van der Waals surface area contributed by atoms with E-state index in [1.54, 1.807) is 29.2 Å². The minimum atomic E-state index is -0.805. The van der Waals surface area contributed by atoms with Crippen LogP contribution in [0.15, 0.2) is 47.1 Å². The van der Waals surface area contributed by atoms with Crippen molar-refractivity contribution >= 4 is 6.03 Å². The molecule has 2 N–H and O–H groups in total. The molecule has 25 heavy (non-hydrogen) atoms. The third kappa shape index (κ3) is 4.58. The van der Waals surface area contributed by atoms with Crippen molar-refractivity contribution in [3.63, 3.8) is 0 Å². The molecule has 1 aliphatic rings. The number of urea groups is 1. The number of nitrogens with one attached hydrogen (secondary N) is 1. The highest BCUT2D eigenvalue weighted by Crippen LogP contribution is 2.23. The van der Waals surface area contributed by atoms with E-state index in [1.807, 2.05) is 0 Å². The monoisotopic (exact) mass is 348 g/mol. The number of halogens is 1. The molecular formula is C18H21FN2O4. The molecule has 2 aromatic rings. The summed E-state index contributed by atoms with van der Waals surface area (Å²) >= 11 is 0. The smallest absolute Gasteiger partial charge is 0.318 e. The molecule has 2 unspecified atom stereocenters. The Morgan fingerprint density at radius 2 is 2.28 bits per heavy atom. The number of hydrogen-bond donors (Lipinski definition) is 2. The molecule has 0 saturated carbocycles. The average molecular weight is 348 g/mol. The third-order valence-electron chi connectivity index (χ3n) is 4.19. The second-order valence-electron chi connectivity index (χ2n) is 5.98. The number of carbonyl (C=O) groups is 1. The minimum absolute atomic E-state index is 0.238. The van der Waals surface area contributed by atoms with Crippen LogP contribution in [-0.2, 0) is 11.3 Å². The first kappa shape index (κ1) is 17.4. The number of carbonyl (C=O) groups excluding carboxylic acids is 1. The SMILES string of the molecule is O=C(NCc1cccc(F)c1)N1CCOCC1CC(O)c1ccco1. The lowest BCUT2D eigenvalue weighted by atomic mass is 10.1. The summed E-state index contributed by atoms with van der Waals surface area (Å²) in [6.07, 6.45) is 1.01. The predicted molar refractivity (Wildman–Crippen MR) is 88.2 cm³/mol. The van der Waals surface area contributed by atoms with Gasteiger partial charge in [0, 0.05) is 19.5 Å². The van der Waals surface area contributed by atoms with E-state index in [0.29, 0.717) is 37.5 Å². The number of nitrogens with zero attached hydrogens (tertiary/aromatic N) is 1. The van der Waals surface area contributed by atoms with Crippen molar-refractivity contribution in [3.8, 4) is 0 Å². The van der Waals surface area contributed by atoms with E-state index >= 15 is 0 Å². The van der Waals surface area contributed by atoms with Crippen molar-refractivity contribution in [2.24, 2.45) is 0 Å². The molecule has 1 aliphatic heterocycles. The van der Waals surface area contributed by atoms with Crippen LogP contribution in [0.5, 0.6) is 0 Å². The average Bonchev–Trinajstić information content (AvgIpc) is 3.15. The Morgan fingerprint density at radius 3 is 3.04 bits per heavy atom. The van der Waals surface area contributed by atoms with E-state index in [-0.39, 0.29) is 24.4 Å². The van der Waals surface area contributed by atoms with Gasteiger partial charge < -0.3 is 24.5 Å². The second kappa shape index (κ2) is 8.13.